The lowest BCUT2D eigenvalue weighted by Gasteiger charge is -2.19. The first-order chi connectivity index (χ1) is 7.88. The topological polar surface area (TPSA) is 37.8 Å². The molecule has 3 heteroatoms. The Morgan fingerprint density at radius 3 is 2.18 bits per heavy atom. The van der Waals surface area contributed by atoms with Crippen molar-refractivity contribution in [2.45, 2.75) is 33.2 Å². The minimum Gasteiger partial charge on any atom is -0.294 e. The van der Waals surface area contributed by atoms with Gasteiger partial charge in [0, 0.05) is 6.07 Å². The fraction of sp³-hybridized carbons (Fsp3) is 0.357. The Labute approximate surface area is 101 Å². The second-order valence-electron chi connectivity index (χ2n) is 5.38. The Kier molecular flexibility index (Phi) is 2.69. The highest BCUT2D eigenvalue weighted by molar-refractivity contribution is 5.58. The van der Waals surface area contributed by atoms with Crippen LogP contribution < -0.4 is 5.56 Å². The van der Waals surface area contributed by atoms with Gasteiger partial charge in [0.2, 0.25) is 0 Å². The molecule has 0 saturated heterocycles. The van der Waals surface area contributed by atoms with E-state index in [0.717, 1.165) is 11.3 Å². The molecule has 1 aromatic carbocycles. The van der Waals surface area contributed by atoms with Gasteiger partial charge in [-0.2, -0.15) is 0 Å². The van der Waals surface area contributed by atoms with Crippen LogP contribution >= 0.6 is 0 Å². The van der Waals surface area contributed by atoms with Crippen molar-refractivity contribution in [3.05, 3.63) is 46.2 Å². The smallest absolute Gasteiger partial charge is 0.267 e. The van der Waals surface area contributed by atoms with Gasteiger partial charge in [0.1, 0.15) is 0 Å². The Hall–Kier alpha value is -1.77. The van der Waals surface area contributed by atoms with Crippen LogP contribution in [0.1, 0.15) is 26.3 Å². The van der Waals surface area contributed by atoms with E-state index >= 15 is 0 Å². The average molecular weight is 230 g/mol. The van der Waals surface area contributed by atoms with Gasteiger partial charge < -0.3 is 0 Å². The summed E-state index contributed by atoms with van der Waals surface area (Å²) in [6, 6.07) is 9.78. The zero-order chi connectivity index (χ0) is 12.6. The highest BCUT2D eigenvalue weighted by atomic mass is 16.1. The van der Waals surface area contributed by atoms with Gasteiger partial charge in [0.15, 0.2) is 0 Å². The van der Waals surface area contributed by atoms with Crippen LogP contribution in [0.3, 0.4) is 0 Å². The molecule has 1 N–H and O–H groups in total. The third-order valence-corrected chi connectivity index (χ3v) is 2.75. The van der Waals surface area contributed by atoms with Gasteiger partial charge >= 0.3 is 0 Å². The van der Waals surface area contributed by atoms with E-state index in [1.807, 2.05) is 52.0 Å². The third-order valence-electron chi connectivity index (χ3n) is 2.75. The Morgan fingerprint density at radius 2 is 1.71 bits per heavy atom. The molecule has 0 unspecified atom stereocenters. The van der Waals surface area contributed by atoms with E-state index in [-0.39, 0.29) is 11.1 Å². The van der Waals surface area contributed by atoms with Crippen molar-refractivity contribution in [3.8, 4) is 11.3 Å². The zero-order valence-electron chi connectivity index (χ0n) is 10.7. The van der Waals surface area contributed by atoms with Crippen LogP contribution in [-0.4, -0.2) is 9.78 Å². The molecule has 0 aliphatic rings. The molecule has 0 atom stereocenters. The van der Waals surface area contributed by atoms with E-state index in [1.165, 1.54) is 5.56 Å². The largest absolute Gasteiger partial charge is 0.294 e. The lowest BCUT2D eigenvalue weighted by atomic mass is 10.1. The number of aryl methyl sites for hydroxylation is 1. The number of aromatic nitrogens is 2. The predicted octanol–water partition coefficient (Wildman–Crippen LogP) is 2.91. The van der Waals surface area contributed by atoms with Gasteiger partial charge in [0.25, 0.3) is 5.56 Å². The van der Waals surface area contributed by atoms with Gasteiger partial charge in [-0.25, -0.2) is 4.68 Å². The summed E-state index contributed by atoms with van der Waals surface area (Å²) in [5.41, 5.74) is 2.90. The Balaban J connectivity index is 2.49. The van der Waals surface area contributed by atoms with Gasteiger partial charge in [-0.05, 0) is 33.3 Å². The van der Waals surface area contributed by atoms with Gasteiger partial charge in [-0.1, -0.05) is 29.8 Å². The van der Waals surface area contributed by atoms with E-state index in [9.17, 15) is 4.79 Å². The van der Waals surface area contributed by atoms with Crippen molar-refractivity contribution in [2.24, 2.45) is 0 Å². The molecule has 0 saturated carbocycles. The summed E-state index contributed by atoms with van der Waals surface area (Å²) < 4.78 is 1.65. The maximum atomic E-state index is 11.9. The molecule has 0 spiro atoms. The first-order valence-electron chi connectivity index (χ1n) is 5.77. The predicted molar refractivity (Wildman–Crippen MR) is 70.2 cm³/mol. The minimum atomic E-state index is -0.222. The number of hydrogen-bond donors (Lipinski definition) is 1. The van der Waals surface area contributed by atoms with Gasteiger partial charge in [-0.15, -0.1) is 0 Å². The Bertz CT molecular complexity index is 568. The van der Waals surface area contributed by atoms with Crippen molar-refractivity contribution in [3.63, 3.8) is 0 Å². The SMILES string of the molecule is Cc1ccc(-c2cc(=O)n(C(C)(C)C)[nH]2)cc1. The van der Waals surface area contributed by atoms with E-state index in [2.05, 4.69) is 5.10 Å². The number of H-pyrrole nitrogens is 1. The molecule has 0 aliphatic heterocycles. The molecule has 0 radical (unpaired) electrons. The van der Waals surface area contributed by atoms with Crippen molar-refractivity contribution in [1.82, 2.24) is 9.78 Å². The monoisotopic (exact) mass is 230 g/mol. The summed E-state index contributed by atoms with van der Waals surface area (Å²) in [5, 5.41) is 3.16. The summed E-state index contributed by atoms with van der Waals surface area (Å²) in [6.45, 7) is 8.06. The van der Waals surface area contributed by atoms with Crippen molar-refractivity contribution in [1.29, 1.82) is 0 Å². The molecule has 2 rings (SSSR count). The average Bonchev–Trinajstić information content (AvgIpc) is 2.61. The normalized spacial score (nSPS) is 11.8. The summed E-state index contributed by atoms with van der Waals surface area (Å²) in [7, 11) is 0. The zero-order valence-corrected chi connectivity index (χ0v) is 10.7. The fourth-order valence-corrected chi connectivity index (χ4v) is 1.78. The quantitative estimate of drug-likeness (QED) is 0.803. The molecule has 0 aliphatic carbocycles. The fourth-order valence-electron chi connectivity index (χ4n) is 1.78. The molecular weight excluding hydrogens is 212 g/mol. The number of nitrogens with one attached hydrogen (secondary N) is 1. The first-order valence-corrected chi connectivity index (χ1v) is 5.77. The van der Waals surface area contributed by atoms with Crippen LogP contribution in [0.15, 0.2) is 35.1 Å². The van der Waals surface area contributed by atoms with E-state index < -0.39 is 0 Å². The number of rotatable bonds is 1. The minimum absolute atomic E-state index is 0.00748. The van der Waals surface area contributed by atoms with E-state index in [1.54, 1.807) is 10.7 Å². The molecule has 90 valence electrons. The van der Waals surface area contributed by atoms with Crippen LogP contribution in [-0.2, 0) is 5.54 Å². The maximum absolute atomic E-state index is 11.9. The molecule has 0 fully saturated rings. The van der Waals surface area contributed by atoms with Crippen LogP contribution in [0, 0.1) is 6.92 Å². The van der Waals surface area contributed by atoms with E-state index in [4.69, 9.17) is 0 Å². The first kappa shape index (κ1) is 11.7. The molecule has 0 bridgehead atoms. The molecular formula is C14H18N2O. The molecule has 2 aromatic rings. The second-order valence-corrected chi connectivity index (χ2v) is 5.38. The molecule has 0 amide bonds. The van der Waals surface area contributed by atoms with Gasteiger partial charge in [0.05, 0.1) is 11.2 Å². The standard InChI is InChI=1S/C14H18N2O/c1-10-5-7-11(8-6-10)12-9-13(17)16(15-12)14(2,3)4/h5-9,15H,1-4H3. The Morgan fingerprint density at radius 1 is 1.12 bits per heavy atom. The lowest BCUT2D eigenvalue weighted by molar-refractivity contribution is 0.346. The van der Waals surface area contributed by atoms with Crippen molar-refractivity contribution in [2.75, 3.05) is 0 Å². The van der Waals surface area contributed by atoms with Crippen LogP contribution in [0.25, 0.3) is 11.3 Å². The summed E-state index contributed by atoms with van der Waals surface area (Å²) in [4.78, 5) is 11.9. The number of benzene rings is 1. The van der Waals surface area contributed by atoms with Crippen LogP contribution in [0.4, 0.5) is 0 Å². The van der Waals surface area contributed by atoms with Gasteiger partial charge in [-0.3, -0.25) is 9.89 Å². The number of aromatic amines is 1. The van der Waals surface area contributed by atoms with E-state index in [0.29, 0.717) is 0 Å². The van der Waals surface area contributed by atoms with Crippen molar-refractivity contribution >= 4 is 0 Å². The lowest BCUT2D eigenvalue weighted by Crippen LogP contribution is -2.32. The maximum Gasteiger partial charge on any atom is 0.267 e. The summed E-state index contributed by atoms with van der Waals surface area (Å²) >= 11 is 0. The molecule has 3 nitrogen and oxygen atoms in total. The third kappa shape index (κ3) is 2.33. The molecule has 17 heavy (non-hydrogen) atoms. The highest BCUT2D eigenvalue weighted by Crippen LogP contribution is 2.18. The summed E-state index contributed by atoms with van der Waals surface area (Å²) in [6.07, 6.45) is 0. The number of nitrogens with zero attached hydrogens (tertiary/aromatic N) is 1. The molecule has 1 aromatic heterocycles. The second kappa shape index (κ2) is 3.91. The van der Waals surface area contributed by atoms with Crippen LogP contribution in [0.5, 0.6) is 0 Å². The van der Waals surface area contributed by atoms with Crippen LogP contribution in [0.2, 0.25) is 0 Å². The van der Waals surface area contributed by atoms with Crippen molar-refractivity contribution < 1.29 is 0 Å². The molecule has 1 heterocycles. The number of hydrogen-bond acceptors (Lipinski definition) is 1. The highest BCUT2D eigenvalue weighted by Gasteiger charge is 2.17. The summed E-state index contributed by atoms with van der Waals surface area (Å²) in [5.74, 6) is 0.